The largest absolute Gasteiger partial charge is 0.379 e. The number of rotatable bonds is 11. The number of hydrogen-bond acceptors (Lipinski definition) is 4. The summed E-state index contributed by atoms with van der Waals surface area (Å²) in [7, 11) is 0. The minimum absolute atomic E-state index is 0.172. The number of hydrogen-bond donors (Lipinski definition) is 1. The first-order valence-corrected chi connectivity index (χ1v) is 5.37. The van der Waals surface area contributed by atoms with E-state index in [-0.39, 0.29) is 6.61 Å². The molecule has 0 saturated carbocycles. The van der Waals surface area contributed by atoms with Gasteiger partial charge in [-0.05, 0) is 6.42 Å². The lowest BCUT2D eigenvalue weighted by molar-refractivity contribution is -0.133. The summed E-state index contributed by atoms with van der Waals surface area (Å²) in [6.07, 6.45) is 2.91. The molecule has 0 amide bonds. The predicted octanol–water partition coefficient (Wildman–Crippen LogP) is 1.34. The molecule has 0 aromatic carbocycles. The van der Waals surface area contributed by atoms with Gasteiger partial charge in [0, 0.05) is 6.61 Å². The number of aliphatic hydroxyl groups excluding tert-OH is 1. The van der Waals surface area contributed by atoms with Crippen molar-refractivity contribution in [1.29, 1.82) is 0 Å². The normalized spacial score (nSPS) is 12.7. The van der Waals surface area contributed by atoms with Crippen LogP contribution in [-0.2, 0) is 14.2 Å². The van der Waals surface area contributed by atoms with Gasteiger partial charge in [-0.2, -0.15) is 0 Å². The second-order valence-electron chi connectivity index (χ2n) is 3.12. The highest BCUT2D eigenvalue weighted by molar-refractivity contribution is 4.64. The van der Waals surface area contributed by atoms with Crippen LogP contribution in [0.25, 0.3) is 0 Å². The van der Waals surface area contributed by atoms with Gasteiger partial charge in [-0.3, -0.25) is 0 Å². The fourth-order valence-corrected chi connectivity index (χ4v) is 0.878. The van der Waals surface area contributed by atoms with E-state index in [1.54, 1.807) is 6.08 Å². The third-order valence-electron chi connectivity index (χ3n) is 1.68. The maximum atomic E-state index is 9.19. The van der Waals surface area contributed by atoms with Gasteiger partial charge in [-0.25, -0.2) is 0 Å². The van der Waals surface area contributed by atoms with E-state index in [0.717, 1.165) is 19.4 Å². The first-order chi connectivity index (χ1) is 7.31. The van der Waals surface area contributed by atoms with Gasteiger partial charge in [0.25, 0.3) is 0 Å². The molecule has 0 spiro atoms. The monoisotopic (exact) mass is 218 g/mol. The van der Waals surface area contributed by atoms with E-state index in [4.69, 9.17) is 14.2 Å². The Labute approximate surface area is 91.8 Å². The Morgan fingerprint density at radius 1 is 1.27 bits per heavy atom. The molecule has 0 aliphatic rings. The Hall–Kier alpha value is -0.420. The molecule has 0 rings (SSSR count). The molecule has 1 unspecified atom stereocenters. The lowest BCUT2D eigenvalue weighted by atomic mass is 10.4. The van der Waals surface area contributed by atoms with Gasteiger partial charge in [0.15, 0.2) is 6.29 Å². The first-order valence-electron chi connectivity index (χ1n) is 5.37. The number of aliphatic hydroxyl groups is 1. The van der Waals surface area contributed by atoms with Crippen molar-refractivity contribution in [2.75, 3.05) is 33.0 Å². The second kappa shape index (κ2) is 11.7. The molecule has 0 saturated heterocycles. The molecule has 1 atom stereocenters. The molecule has 0 aromatic rings. The van der Waals surface area contributed by atoms with E-state index < -0.39 is 6.29 Å². The van der Waals surface area contributed by atoms with Crippen molar-refractivity contribution in [3.8, 4) is 0 Å². The molecule has 0 radical (unpaired) electrons. The Morgan fingerprint density at radius 2 is 2.00 bits per heavy atom. The van der Waals surface area contributed by atoms with Crippen molar-refractivity contribution in [2.24, 2.45) is 0 Å². The van der Waals surface area contributed by atoms with Gasteiger partial charge in [0.05, 0.1) is 26.4 Å². The standard InChI is InChI=1S/C11H22O4/c1-3-5-7-13-8-9-14-10-11(12)15-6-4-2/h4,11-12H,2-3,5-10H2,1H3. The highest BCUT2D eigenvalue weighted by Crippen LogP contribution is 1.91. The summed E-state index contributed by atoms with van der Waals surface area (Å²) in [4.78, 5) is 0. The summed E-state index contributed by atoms with van der Waals surface area (Å²) < 4.78 is 15.3. The van der Waals surface area contributed by atoms with Crippen LogP contribution in [0.4, 0.5) is 0 Å². The van der Waals surface area contributed by atoms with E-state index in [1.807, 2.05) is 0 Å². The van der Waals surface area contributed by atoms with E-state index in [1.165, 1.54) is 0 Å². The topological polar surface area (TPSA) is 47.9 Å². The van der Waals surface area contributed by atoms with Crippen LogP contribution >= 0.6 is 0 Å². The van der Waals surface area contributed by atoms with E-state index >= 15 is 0 Å². The Bertz CT molecular complexity index is 139. The van der Waals surface area contributed by atoms with Crippen LogP contribution < -0.4 is 0 Å². The molecule has 4 heteroatoms. The summed E-state index contributed by atoms with van der Waals surface area (Å²) in [6, 6.07) is 0. The lowest BCUT2D eigenvalue weighted by Crippen LogP contribution is -2.20. The Balaban J connectivity index is 3.05. The average Bonchev–Trinajstić information content (AvgIpc) is 2.25. The highest BCUT2D eigenvalue weighted by atomic mass is 16.6. The molecule has 4 nitrogen and oxygen atoms in total. The summed E-state index contributed by atoms with van der Waals surface area (Å²) in [6.45, 7) is 7.92. The van der Waals surface area contributed by atoms with Crippen LogP contribution in [0.2, 0.25) is 0 Å². The minimum Gasteiger partial charge on any atom is -0.379 e. The van der Waals surface area contributed by atoms with Crippen molar-refractivity contribution < 1.29 is 19.3 Å². The molecule has 0 aliphatic heterocycles. The Morgan fingerprint density at radius 3 is 2.67 bits per heavy atom. The zero-order chi connectivity index (χ0) is 11.4. The molecule has 90 valence electrons. The second-order valence-corrected chi connectivity index (χ2v) is 3.12. The van der Waals surface area contributed by atoms with Gasteiger partial charge >= 0.3 is 0 Å². The Kier molecular flexibility index (Phi) is 11.3. The third kappa shape index (κ3) is 11.5. The van der Waals surface area contributed by atoms with E-state index in [9.17, 15) is 5.11 Å². The highest BCUT2D eigenvalue weighted by Gasteiger charge is 2.01. The fourth-order valence-electron chi connectivity index (χ4n) is 0.878. The molecule has 0 heterocycles. The average molecular weight is 218 g/mol. The molecule has 1 N–H and O–H groups in total. The molecule has 0 fully saturated rings. The van der Waals surface area contributed by atoms with Gasteiger partial charge in [0.1, 0.15) is 0 Å². The molecular formula is C11H22O4. The van der Waals surface area contributed by atoms with Gasteiger partial charge in [0.2, 0.25) is 0 Å². The summed E-state index contributed by atoms with van der Waals surface area (Å²) >= 11 is 0. The zero-order valence-electron chi connectivity index (χ0n) is 9.48. The fraction of sp³-hybridized carbons (Fsp3) is 0.818. The maximum absolute atomic E-state index is 9.19. The smallest absolute Gasteiger partial charge is 0.178 e. The van der Waals surface area contributed by atoms with Gasteiger partial charge in [-0.1, -0.05) is 19.4 Å². The number of ether oxygens (including phenoxy) is 3. The lowest BCUT2D eigenvalue weighted by Gasteiger charge is -2.11. The van der Waals surface area contributed by atoms with E-state index in [0.29, 0.717) is 19.8 Å². The summed E-state index contributed by atoms with van der Waals surface area (Å²) in [5.41, 5.74) is 0. The van der Waals surface area contributed by atoms with Gasteiger partial charge < -0.3 is 19.3 Å². The predicted molar refractivity (Wildman–Crippen MR) is 58.7 cm³/mol. The number of unbranched alkanes of at least 4 members (excludes halogenated alkanes) is 1. The van der Waals surface area contributed by atoms with Crippen molar-refractivity contribution >= 4 is 0 Å². The minimum atomic E-state index is -0.876. The van der Waals surface area contributed by atoms with Crippen molar-refractivity contribution in [3.63, 3.8) is 0 Å². The van der Waals surface area contributed by atoms with Gasteiger partial charge in [-0.15, -0.1) is 6.58 Å². The molecule has 15 heavy (non-hydrogen) atoms. The molecule has 0 aromatic heterocycles. The zero-order valence-corrected chi connectivity index (χ0v) is 9.48. The van der Waals surface area contributed by atoms with Crippen molar-refractivity contribution in [2.45, 2.75) is 26.1 Å². The van der Waals surface area contributed by atoms with Crippen LogP contribution in [0.5, 0.6) is 0 Å². The summed E-state index contributed by atoms with van der Waals surface area (Å²) in [5, 5.41) is 9.19. The SMILES string of the molecule is C=CCOC(O)COCCOCCCC. The van der Waals surface area contributed by atoms with Crippen LogP contribution in [0.3, 0.4) is 0 Å². The van der Waals surface area contributed by atoms with Crippen LogP contribution in [0.1, 0.15) is 19.8 Å². The molecular weight excluding hydrogens is 196 g/mol. The first kappa shape index (κ1) is 14.6. The van der Waals surface area contributed by atoms with Crippen LogP contribution in [0, 0.1) is 0 Å². The van der Waals surface area contributed by atoms with Crippen LogP contribution in [-0.4, -0.2) is 44.4 Å². The molecule has 0 bridgehead atoms. The van der Waals surface area contributed by atoms with Crippen LogP contribution in [0.15, 0.2) is 12.7 Å². The quantitative estimate of drug-likeness (QED) is 0.323. The third-order valence-corrected chi connectivity index (χ3v) is 1.68. The molecule has 0 aliphatic carbocycles. The van der Waals surface area contributed by atoms with Crippen molar-refractivity contribution in [3.05, 3.63) is 12.7 Å². The maximum Gasteiger partial charge on any atom is 0.178 e. The summed E-state index contributed by atoms with van der Waals surface area (Å²) in [5.74, 6) is 0. The van der Waals surface area contributed by atoms with Crippen molar-refractivity contribution in [1.82, 2.24) is 0 Å². The van der Waals surface area contributed by atoms with E-state index in [2.05, 4.69) is 13.5 Å².